The zero-order valence-corrected chi connectivity index (χ0v) is 18.4. The molecule has 0 radical (unpaired) electrons. The Balaban J connectivity index is 1.42. The van der Waals surface area contributed by atoms with Gasteiger partial charge in [-0.05, 0) is 36.1 Å². The lowest BCUT2D eigenvalue weighted by atomic mass is 9.85. The molecule has 3 aliphatic rings. The van der Waals surface area contributed by atoms with Crippen LogP contribution in [-0.2, 0) is 14.4 Å². The van der Waals surface area contributed by atoms with Gasteiger partial charge in [0.25, 0.3) is 5.91 Å². The molecule has 3 amide bonds. The SMILES string of the molecule is COc1ccc([C@@H]2CC(c3ccccc3)=NN2C(=O)CN2C(=O)[C@H]3CC=CC[C@H]3C2=O)cc1. The summed E-state index contributed by atoms with van der Waals surface area (Å²) in [7, 11) is 1.61. The van der Waals surface area contributed by atoms with Crippen molar-refractivity contribution in [1.82, 2.24) is 9.91 Å². The molecule has 0 unspecified atom stereocenters. The molecule has 33 heavy (non-hydrogen) atoms. The number of hydrogen-bond acceptors (Lipinski definition) is 5. The van der Waals surface area contributed by atoms with E-state index in [-0.39, 0.29) is 42.1 Å². The predicted octanol–water partition coefficient (Wildman–Crippen LogP) is 3.32. The quantitative estimate of drug-likeness (QED) is 0.525. The first-order valence-corrected chi connectivity index (χ1v) is 11.2. The number of imide groups is 1. The molecule has 0 bridgehead atoms. The maximum Gasteiger partial charge on any atom is 0.263 e. The molecule has 1 fully saturated rings. The number of methoxy groups -OCH3 is 1. The van der Waals surface area contributed by atoms with Gasteiger partial charge in [-0.15, -0.1) is 0 Å². The third-order valence-electron chi connectivity index (χ3n) is 6.67. The number of amides is 3. The molecule has 0 spiro atoms. The smallest absolute Gasteiger partial charge is 0.263 e. The lowest BCUT2D eigenvalue weighted by Crippen LogP contribution is -2.41. The summed E-state index contributed by atoms with van der Waals surface area (Å²) in [5.41, 5.74) is 2.65. The van der Waals surface area contributed by atoms with E-state index >= 15 is 0 Å². The molecule has 0 N–H and O–H groups in total. The Morgan fingerprint density at radius 2 is 1.61 bits per heavy atom. The Bertz CT molecular complexity index is 1110. The molecule has 2 aliphatic heterocycles. The Morgan fingerprint density at radius 1 is 0.970 bits per heavy atom. The van der Waals surface area contributed by atoms with E-state index in [1.54, 1.807) is 7.11 Å². The molecule has 168 valence electrons. The largest absolute Gasteiger partial charge is 0.497 e. The average Bonchev–Trinajstić information content (AvgIpc) is 3.41. The number of fused-ring (bicyclic) bond motifs is 1. The Morgan fingerprint density at radius 3 is 2.21 bits per heavy atom. The van der Waals surface area contributed by atoms with Crippen molar-refractivity contribution in [2.24, 2.45) is 16.9 Å². The third-order valence-corrected chi connectivity index (χ3v) is 6.67. The van der Waals surface area contributed by atoms with Crippen LogP contribution in [0, 0.1) is 11.8 Å². The minimum Gasteiger partial charge on any atom is -0.497 e. The van der Waals surface area contributed by atoms with Crippen LogP contribution in [0.3, 0.4) is 0 Å². The van der Waals surface area contributed by atoms with E-state index in [0.29, 0.717) is 19.3 Å². The monoisotopic (exact) mass is 443 g/mol. The maximum atomic E-state index is 13.4. The first kappa shape index (κ1) is 21.1. The van der Waals surface area contributed by atoms with Crippen LogP contribution in [0.1, 0.15) is 36.4 Å². The van der Waals surface area contributed by atoms with Gasteiger partial charge in [0.15, 0.2) is 0 Å². The number of hydrazone groups is 1. The van der Waals surface area contributed by atoms with Gasteiger partial charge in [0.05, 0.1) is 30.7 Å². The minimum atomic E-state index is -0.366. The Labute approximate surface area is 192 Å². The fourth-order valence-electron chi connectivity index (χ4n) is 4.86. The van der Waals surface area contributed by atoms with E-state index in [0.717, 1.165) is 27.5 Å². The summed E-state index contributed by atoms with van der Waals surface area (Å²) in [6, 6.07) is 16.9. The van der Waals surface area contributed by atoms with Crippen LogP contribution in [-0.4, -0.2) is 47.0 Å². The zero-order valence-electron chi connectivity index (χ0n) is 18.4. The van der Waals surface area contributed by atoms with Crippen molar-refractivity contribution in [3.05, 3.63) is 77.9 Å². The number of carbonyl (C=O) groups is 3. The Kier molecular flexibility index (Phi) is 5.54. The molecule has 0 aromatic heterocycles. The highest BCUT2D eigenvalue weighted by molar-refractivity contribution is 6.08. The van der Waals surface area contributed by atoms with Crippen LogP contribution in [0.2, 0.25) is 0 Å². The van der Waals surface area contributed by atoms with Gasteiger partial charge in [0.2, 0.25) is 11.8 Å². The van der Waals surface area contributed by atoms with Crippen molar-refractivity contribution in [1.29, 1.82) is 0 Å². The van der Waals surface area contributed by atoms with Crippen molar-refractivity contribution in [3.8, 4) is 5.75 Å². The molecule has 7 nitrogen and oxygen atoms in total. The molecule has 3 atom stereocenters. The van der Waals surface area contributed by atoms with Crippen LogP contribution >= 0.6 is 0 Å². The lowest BCUT2D eigenvalue weighted by molar-refractivity contribution is -0.147. The Hall–Kier alpha value is -3.74. The number of carbonyl (C=O) groups excluding carboxylic acids is 3. The molecule has 2 heterocycles. The van der Waals surface area contributed by atoms with Crippen molar-refractivity contribution in [2.45, 2.75) is 25.3 Å². The van der Waals surface area contributed by atoms with Crippen molar-refractivity contribution < 1.29 is 19.1 Å². The molecule has 2 aromatic carbocycles. The first-order valence-electron chi connectivity index (χ1n) is 11.2. The van der Waals surface area contributed by atoms with Crippen molar-refractivity contribution >= 4 is 23.4 Å². The van der Waals surface area contributed by atoms with Crippen LogP contribution < -0.4 is 4.74 Å². The average molecular weight is 444 g/mol. The molecule has 7 heteroatoms. The molecule has 2 aromatic rings. The van der Waals surface area contributed by atoms with E-state index in [9.17, 15) is 14.4 Å². The normalized spacial score (nSPS) is 24.2. The summed E-state index contributed by atoms with van der Waals surface area (Å²) in [4.78, 5) is 40.3. The third kappa shape index (κ3) is 3.84. The second kappa shape index (κ2) is 8.65. The summed E-state index contributed by atoms with van der Waals surface area (Å²) in [5, 5.41) is 6.08. The van der Waals surface area contributed by atoms with E-state index < -0.39 is 0 Å². The number of likely N-dealkylation sites (tertiary alicyclic amines) is 1. The van der Waals surface area contributed by atoms with Gasteiger partial charge in [0.1, 0.15) is 12.3 Å². The fourth-order valence-corrected chi connectivity index (χ4v) is 4.86. The number of nitrogens with zero attached hydrogens (tertiary/aromatic N) is 3. The standard InChI is InChI=1S/C26H25N3O4/c1-33-19-13-11-18(12-14-19)23-15-22(17-7-3-2-4-8-17)27-29(23)24(30)16-28-25(31)20-9-5-6-10-21(20)26(28)32/h2-8,11-14,20-21,23H,9-10,15-16H2,1H3/t20-,21+,23-/m0/s1. The highest BCUT2D eigenvalue weighted by Gasteiger charge is 2.48. The number of rotatable bonds is 5. The van der Waals surface area contributed by atoms with E-state index in [1.807, 2.05) is 66.7 Å². The molecule has 1 saturated heterocycles. The molecule has 1 aliphatic carbocycles. The molecular formula is C26H25N3O4. The zero-order chi connectivity index (χ0) is 22.9. The van der Waals surface area contributed by atoms with Crippen molar-refractivity contribution in [2.75, 3.05) is 13.7 Å². The second-order valence-corrected chi connectivity index (χ2v) is 8.56. The van der Waals surface area contributed by atoms with Gasteiger partial charge in [-0.25, -0.2) is 5.01 Å². The highest BCUT2D eigenvalue weighted by Crippen LogP contribution is 2.37. The van der Waals surface area contributed by atoms with Crippen LogP contribution in [0.4, 0.5) is 0 Å². The summed E-state index contributed by atoms with van der Waals surface area (Å²) < 4.78 is 5.26. The maximum absolute atomic E-state index is 13.4. The number of allylic oxidation sites excluding steroid dienone is 2. The highest BCUT2D eigenvalue weighted by atomic mass is 16.5. The topological polar surface area (TPSA) is 79.3 Å². The molecule has 5 rings (SSSR count). The fraction of sp³-hybridized carbons (Fsp3) is 0.308. The minimum absolute atomic E-state index is 0.254. The summed E-state index contributed by atoms with van der Waals surface area (Å²) >= 11 is 0. The van der Waals surface area contributed by atoms with Gasteiger partial charge in [-0.3, -0.25) is 19.3 Å². The number of benzene rings is 2. The summed E-state index contributed by atoms with van der Waals surface area (Å²) in [6.07, 6.45) is 5.52. The van der Waals surface area contributed by atoms with Gasteiger partial charge in [0, 0.05) is 6.42 Å². The van der Waals surface area contributed by atoms with Crippen LogP contribution in [0.25, 0.3) is 0 Å². The number of hydrogen-bond donors (Lipinski definition) is 0. The van der Waals surface area contributed by atoms with E-state index in [1.165, 1.54) is 5.01 Å². The van der Waals surface area contributed by atoms with E-state index in [2.05, 4.69) is 5.10 Å². The van der Waals surface area contributed by atoms with Crippen molar-refractivity contribution in [3.63, 3.8) is 0 Å². The first-order chi connectivity index (χ1) is 16.1. The number of ether oxygens (including phenoxy) is 1. The molecular weight excluding hydrogens is 418 g/mol. The van der Waals surface area contributed by atoms with Gasteiger partial charge < -0.3 is 4.74 Å². The lowest BCUT2D eigenvalue weighted by Gasteiger charge is -2.24. The van der Waals surface area contributed by atoms with E-state index in [4.69, 9.17) is 4.74 Å². The van der Waals surface area contributed by atoms with Gasteiger partial charge in [-0.1, -0.05) is 54.6 Å². The van der Waals surface area contributed by atoms with Crippen LogP contribution in [0.15, 0.2) is 71.9 Å². The molecule has 0 saturated carbocycles. The second-order valence-electron chi connectivity index (χ2n) is 8.56. The van der Waals surface area contributed by atoms with Gasteiger partial charge >= 0.3 is 0 Å². The summed E-state index contributed by atoms with van der Waals surface area (Å²) in [5.74, 6) is -0.854. The van der Waals surface area contributed by atoms with Gasteiger partial charge in [-0.2, -0.15) is 5.10 Å². The summed E-state index contributed by atoms with van der Waals surface area (Å²) in [6.45, 7) is -0.289. The van der Waals surface area contributed by atoms with Crippen LogP contribution in [0.5, 0.6) is 5.75 Å². The predicted molar refractivity (Wildman–Crippen MR) is 122 cm³/mol.